The van der Waals surface area contributed by atoms with E-state index in [2.05, 4.69) is 10.3 Å². The summed E-state index contributed by atoms with van der Waals surface area (Å²) in [5, 5.41) is 2.57. The van der Waals surface area contributed by atoms with Gasteiger partial charge in [0.05, 0.1) is 0 Å². The maximum Gasteiger partial charge on any atom is 0.251 e. The van der Waals surface area contributed by atoms with E-state index >= 15 is 0 Å². The molecule has 0 saturated heterocycles. The first kappa shape index (κ1) is 14.0. The van der Waals surface area contributed by atoms with Gasteiger partial charge in [0.1, 0.15) is 5.82 Å². The molecule has 1 aromatic heterocycles. The van der Waals surface area contributed by atoms with Gasteiger partial charge in [-0.05, 0) is 29.8 Å². The molecule has 0 aliphatic carbocycles. The minimum Gasteiger partial charge on any atom is -0.355 e. The lowest BCUT2D eigenvalue weighted by molar-refractivity contribution is 0.0963. The van der Waals surface area contributed by atoms with Gasteiger partial charge in [0, 0.05) is 26.2 Å². The van der Waals surface area contributed by atoms with Crippen LogP contribution in [0.2, 0.25) is 0 Å². The smallest absolute Gasteiger partial charge is 0.251 e. The number of hydrogen-bond donors (Lipinski definition) is 1. The monoisotopic (exact) mass is 273 g/mol. The summed E-state index contributed by atoms with van der Waals surface area (Å²) in [7, 11) is 3.44. The number of benzene rings is 1. The maximum absolute atomic E-state index is 13.1. The molecule has 0 unspecified atom stereocenters. The fourth-order valence-corrected chi connectivity index (χ4v) is 1.87. The van der Waals surface area contributed by atoms with E-state index in [1.54, 1.807) is 31.3 Å². The zero-order chi connectivity index (χ0) is 14.5. The van der Waals surface area contributed by atoms with Crippen molar-refractivity contribution in [1.82, 2.24) is 10.3 Å². The van der Waals surface area contributed by atoms with E-state index in [4.69, 9.17) is 0 Å². The lowest BCUT2D eigenvalue weighted by Crippen LogP contribution is -2.19. The molecule has 0 saturated carbocycles. The van der Waals surface area contributed by atoms with Crippen LogP contribution in [0, 0.1) is 5.95 Å². The van der Waals surface area contributed by atoms with Gasteiger partial charge in [0.15, 0.2) is 0 Å². The Bertz CT molecular complexity index is 598. The van der Waals surface area contributed by atoms with E-state index in [0.29, 0.717) is 17.9 Å². The number of anilines is 1. The van der Waals surface area contributed by atoms with Gasteiger partial charge in [-0.15, -0.1) is 0 Å². The van der Waals surface area contributed by atoms with Crippen molar-refractivity contribution in [3.63, 3.8) is 0 Å². The molecule has 4 nitrogen and oxygen atoms in total. The molecule has 0 radical (unpaired) electrons. The highest BCUT2D eigenvalue weighted by molar-refractivity contribution is 5.93. The van der Waals surface area contributed by atoms with Crippen LogP contribution in [-0.2, 0) is 6.54 Å². The quantitative estimate of drug-likeness (QED) is 0.869. The van der Waals surface area contributed by atoms with Gasteiger partial charge in [-0.3, -0.25) is 4.79 Å². The van der Waals surface area contributed by atoms with Crippen molar-refractivity contribution in [2.24, 2.45) is 0 Å². The number of nitrogens with zero attached hydrogens (tertiary/aromatic N) is 2. The predicted molar refractivity (Wildman–Crippen MR) is 76.1 cm³/mol. The van der Waals surface area contributed by atoms with Crippen molar-refractivity contribution >= 4 is 11.7 Å². The molecule has 0 bridgehead atoms. The molecule has 5 heteroatoms. The van der Waals surface area contributed by atoms with Gasteiger partial charge >= 0.3 is 0 Å². The van der Waals surface area contributed by atoms with Crippen molar-refractivity contribution in [1.29, 1.82) is 0 Å². The number of carbonyl (C=O) groups excluding carboxylic acids is 1. The molecule has 1 aromatic carbocycles. The minimum absolute atomic E-state index is 0.114. The number of halogens is 1. The highest BCUT2D eigenvalue weighted by Crippen LogP contribution is 2.13. The minimum atomic E-state index is -0.496. The highest BCUT2D eigenvalue weighted by Gasteiger charge is 2.06. The molecule has 2 rings (SSSR count). The van der Waals surface area contributed by atoms with Gasteiger partial charge in [0.2, 0.25) is 5.95 Å². The Labute approximate surface area is 117 Å². The van der Waals surface area contributed by atoms with Crippen molar-refractivity contribution in [3.05, 3.63) is 59.5 Å². The number of rotatable bonds is 4. The second-order valence-electron chi connectivity index (χ2n) is 4.45. The zero-order valence-corrected chi connectivity index (χ0v) is 11.4. The third kappa shape index (κ3) is 3.32. The molecule has 0 spiro atoms. The Morgan fingerprint density at radius 3 is 2.55 bits per heavy atom. The van der Waals surface area contributed by atoms with Crippen LogP contribution >= 0.6 is 0 Å². The topological polar surface area (TPSA) is 45.2 Å². The average Bonchev–Trinajstić information content (AvgIpc) is 2.47. The first-order valence-electron chi connectivity index (χ1n) is 6.25. The third-order valence-electron chi connectivity index (χ3n) is 2.95. The van der Waals surface area contributed by atoms with E-state index in [-0.39, 0.29) is 5.91 Å². The Balaban J connectivity index is 2.08. The molecule has 0 atom stereocenters. The fourth-order valence-electron chi connectivity index (χ4n) is 1.87. The molecular weight excluding hydrogens is 257 g/mol. The average molecular weight is 273 g/mol. The SMILES string of the molecule is CNC(=O)c1ccc(CN(C)c2cccc(F)n2)cc1. The van der Waals surface area contributed by atoms with Crippen molar-refractivity contribution in [2.45, 2.75) is 6.54 Å². The number of carbonyl (C=O) groups is 1. The van der Waals surface area contributed by atoms with Gasteiger partial charge in [-0.25, -0.2) is 4.98 Å². The third-order valence-corrected chi connectivity index (χ3v) is 2.95. The van der Waals surface area contributed by atoms with Crippen LogP contribution in [0.15, 0.2) is 42.5 Å². The van der Waals surface area contributed by atoms with Crippen LogP contribution < -0.4 is 10.2 Å². The Kier molecular flexibility index (Phi) is 4.30. The van der Waals surface area contributed by atoms with Gasteiger partial charge < -0.3 is 10.2 Å². The summed E-state index contributed by atoms with van der Waals surface area (Å²) in [5.74, 6) is -0.0404. The summed E-state index contributed by atoms with van der Waals surface area (Å²) in [4.78, 5) is 17.1. The molecule has 1 amide bonds. The predicted octanol–water partition coefficient (Wildman–Crippen LogP) is 2.22. The zero-order valence-electron chi connectivity index (χ0n) is 11.4. The van der Waals surface area contributed by atoms with Gasteiger partial charge in [-0.1, -0.05) is 18.2 Å². The first-order chi connectivity index (χ1) is 9.60. The molecule has 0 fully saturated rings. The first-order valence-corrected chi connectivity index (χ1v) is 6.25. The van der Waals surface area contributed by atoms with Crippen molar-refractivity contribution in [2.75, 3.05) is 19.0 Å². The molecule has 1 N–H and O–H groups in total. The fraction of sp³-hybridized carbons (Fsp3) is 0.200. The van der Waals surface area contributed by atoms with E-state index < -0.39 is 5.95 Å². The van der Waals surface area contributed by atoms with Gasteiger partial charge in [-0.2, -0.15) is 4.39 Å². The summed E-state index contributed by atoms with van der Waals surface area (Å²) < 4.78 is 13.1. The van der Waals surface area contributed by atoms with Crippen LogP contribution in [0.1, 0.15) is 15.9 Å². The van der Waals surface area contributed by atoms with Crippen LogP contribution in [0.25, 0.3) is 0 Å². The number of pyridine rings is 1. The molecule has 0 aliphatic rings. The Hall–Kier alpha value is -2.43. The standard InChI is InChI=1S/C15H16FN3O/c1-17-15(20)12-8-6-11(7-9-12)10-19(2)14-5-3-4-13(16)18-14/h3-9H,10H2,1-2H3,(H,17,20). The number of nitrogens with one attached hydrogen (secondary N) is 1. The van der Waals surface area contributed by atoms with Crippen LogP contribution in [-0.4, -0.2) is 25.0 Å². The molecule has 2 aromatic rings. The molecule has 104 valence electrons. The van der Waals surface area contributed by atoms with E-state index in [1.807, 2.05) is 24.1 Å². The van der Waals surface area contributed by atoms with Gasteiger partial charge in [0.25, 0.3) is 5.91 Å². The molecule has 20 heavy (non-hydrogen) atoms. The molecule has 0 aliphatic heterocycles. The second kappa shape index (κ2) is 6.14. The summed E-state index contributed by atoms with van der Waals surface area (Å²) in [6.07, 6.45) is 0. The Morgan fingerprint density at radius 2 is 1.95 bits per heavy atom. The lowest BCUT2D eigenvalue weighted by atomic mass is 10.1. The molecule has 1 heterocycles. The van der Waals surface area contributed by atoms with Crippen molar-refractivity contribution in [3.8, 4) is 0 Å². The Morgan fingerprint density at radius 1 is 1.25 bits per heavy atom. The van der Waals surface area contributed by atoms with E-state index in [1.165, 1.54) is 6.07 Å². The maximum atomic E-state index is 13.1. The second-order valence-corrected chi connectivity index (χ2v) is 4.45. The largest absolute Gasteiger partial charge is 0.355 e. The van der Waals surface area contributed by atoms with Crippen molar-refractivity contribution < 1.29 is 9.18 Å². The number of aromatic nitrogens is 1. The number of amides is 1. The van der Waals surface area contributed by atoms with Crippen LogP contribution in [0.5, 0.6) is 0 Å². The molecular formula is C15H16FN3O. The normalized spacial score (nSPS) is 10.2. The summed E-state index contributed by atoms with van der Waals surface area (Å²) in [6, 6.07) is 12.0. The summed E-state index contributed by atoms with van der Waals surface area (Å²) in [5.41, 5.74) is 1.63. The highest BCUT2D eigenvalue weighted by atomic mass is 19.1. The van der Waals surface area contributed by atoms with E-state index in [9.17, 15) is 9.18 Å². The van der Waals surface area contributed by atoms with Crippen LogP contribution in [0.4, 0.5) is 10.2 Å². The van der Waals surface area contributed by atoms with Crippen LogP contribution in [0.3, 0.4) is 0 Å². The lowest BCUT2D eigenvalue weighted by Gasteiger charge is -2.18. The number of hydrogen-bond acceptors (Lipinski definition) is 3. The summed E-state index contributed by atoms with van der Waals surface area (Å²) >= 11 is 0. The summed E-state index contributed by atoms with van der Waals surface area (Å²) in [6.45, 7) is 0.588. The van der Waals surface area contributed by atoms with E-state index in [0.717, 1.165) is 5.56 Å².